The number of hydrogen-bond acceptors (Lipinski definition) is 4. The number of carbonyl (C=O) groups is 2. The molecule has 0 unspecified atom stereocenters. The highest BCUT2D eigenvalue weighted by atomic mass is 16.1. The molecule has 1 aliphatic carbocycles. The summed E-state index contributed by atoms with van der Waals surface area (Å²) in [4.78, 5) is 22.6. The number of hydrogen-bond donors (Lipinski definition) is 2. The first-order valence-corrected chi connectivity index (χ1v) is 6.14. The second-order valence-electron chi connectivity index (χ2n) is 4.35. The van der Waals surface area contributed by atoms with Crippen LogP contribution in [0.15, 0.2) is 41.7 Å². The van der Waals surface area contributed by atoms with Crippen LogP contribution in [0.25, 0.3) is 0 Å². The number of anilines is 1. The number of benzene rings is 1. The average Bonchev–Trinajstić information content (AvgIpc) is 2.43. The molecule has 98 valence electrons. The lowest BCUT2D eigenvalue weighted by molar-refractivity contribution is -0.113. The van der Waals surface area contributed by atoms with E-state index < -0.39 is 0 Å². The third kappa shape index (κ3) is 2.17. The molecular weight excluding hydrogens is 240 g/mol. The molecule has 19 heavy (non-hydrogen) atoms. The average molecular weight is 256 g/mol. The normalized spacial score (nSPS) is 14.2. The SMILES string of the molecule is C=C1C(=O)C(NCC)=C1Nc1cccc(C=O)c1C. The zero-order valence-corrected chi connectivity index (χ0v) is 11.0. The summed E-state index contributed by atoms with van der Waals surface area (Å²) in [6, 6.07) is 5.43. The fraction of sp³-hybridized carbons (Fsp3) is 0.200. The van der Waals surface area contributed by atoms with Crippen LogP contribution in [0.4, 0.5) is 5.69 Å². The number of ketones is 1. The predicted molar refractivity (Wildman–Crippen MR) is 75.0 cm³/mol. The highest BCUT2D eigenvalue weighted by Crippen LogP contribution is 2.30. The van der Waals surface area contributed by atoms with Crippen molar-refractivity contribution >= 4 is 17.8 Å². The Morgan fingerprint density at radius 1 is 1.32 bits per heavy atom. The van der Waals surface area contributed by atoms with E-state index in [2.05, 4.69) is 17.2 Å². The highest BCUT2D eigenvalue weighted by Gasteiger charge is 2.31. The van der Waals surface area contributed by atoms with Gasteiger partial charge in [-0.1, -0.05) is 18.7 Å². The molecule has 0 atom stereocenters. The second-order valence-corrected chi connectivity index (χ2v) is 4.35. The molecule has 0 amide bonds. The summed E-state index contributed by atoms with van der Waals surface area (Å²) < 4.78 is 0. The van der Waals surface area contributed by atoms with Crippen molar-refractivity contribution in [2.45, 2.75) is 13.8 Å². The molecule has 4 nitrogen and oxygen atoms in total. The number of likely N-dealkylation sites (N-methyl/N-ethyl adjacent to an activating group) is 1. The minimum absolute atomic E-state index is 0.0615. The van der Waals surface area contributed by atoms with Crippen LogP contribution in [-0.4, -0.2) is 18.6 Å². The molecule has 1 aromatic carbocycles. The molecule has 4 heteroatoms. The number of allylic oxidation sites excluding steroid dienone is 2. The van der Waals surface area contributed by atoms with Gasteiger partial charge in [-0.2, -0.15) is 0 Å². The van der Waals surface area contributed by atoms with Crippen molar-refractivity contribution in [1.82, 2.24) is 5.32 Å². The highest BCUT2D eigenvalue weighted by molar-refractivity contribution is 6.20. The van der Waals surface area contributed by atoms with Gasteiger partial charge < -0.3 is 10.6 Å². The van der Waals surface area contributed by atoms with Crippen LogP contribution >= 0.6 is 0 Å². The van der Waals surface area contributed by atoms with E-state index >= 15 is 0 Å². The van der Waals surface area contributed by atoms with Crippen molar-refractivity contribution < 1.29 is 9.59 Å². The Kier molecular flexibility index (Phi) is 3.51. The van der Waals surface area contributed by atoms with E-state index in [0.29, 0.717) is 29.1 Å². The van der Waals surface area contributed by atoms with Crippen molar-refractivity contribution in [3.05, 3.63) is 52.9 Å². The molecule has 0 aliphatic heterocycles. The second kappa shape index (κ2) is 5.10. The van der Waals surface area contributed by atoms with Crippen LogP contribution in [0.5, 0.6) is 0 Å². The Labute approximate surface area is 112 Å². The summed E-state index contributed by atoms with van der Waals surface area (Å²) in [6.07, 6.45) is 0.820. The van der Waals surface area contributed by atoms with Gasteiger partial charge >= 0.3 is 0 Å². The zero-order chi connectivity index (χ0) is 14.0. The van der Waals surface area contributed by atoms with Gasteiger partial charge in [-0.05, 0) is 25.5 Å². The predicted octanol–water partition coefficient (Wildman–Crippen LogP) is 2.18. The quantitative estimate of drug-likeness (QED) is 0.626. The molecule has 0 aromatic heterocycles. The van der Waals surface area contributed by atoms with E-state index in [1.807, 2.05) is 19.9 Å². The van der Waals surface area contributed by atoms with Crippen molar-refractivity contribution in [2.24, 2.45) is 0 Å². The number of nitrogens with one attached hydrogen (secondary N) is 2. The smallest absolute Gasteiger partial charge is 0.212 e. The maximum atomic E-state index is 11.6. The van der Waals surface area contributed by atoms with Crippen LogP contribution in [0.3, 0.4) is 0 Å². The Morgan fingerprint density at radius 3 is 2.68 bits per heavy atom. The van der Waals surface area contributed by atoms with Gasteiger partial charge in [0.2, 0.25) is 5.78 Å². The number of aldehydes is 1. The minimum atomic E-state index is -0.0615. The molecular formula is C15H16N2O2. The zero-order valence-electron chi connectivity index (χ0n) is 11.0. The lowest BCUT2D eigenvalue weighted by atomic mass is 9.92. The maximum absolute atomic E-state index is 11.6. The fourth-order valence-electron chi connectivity index (χ4n) is 2.00. The summed E-state index contributed by atoms with van der Waals surface area (Å²) >= 11 is 0. The van der Waals surface area contributed by atoms with Crippen molar-refractivity contribution in [3.8, 4) is 0 Å². The van der Waals surface area contributed by atoms with Crippen molar-refractivity contribution in [2.75, 3.05) is 11.9 Å². The van der Waals surface area contributed by atoms with E-state index in [1.165, 1.54) is 0 Å². The standard InChI is InChI=1S/C15H16N2O2/c1-4-16-14-13(10(3)15(14)19)17-12-7-5-6-11(8-18)9(12)2/h5-8,16-17H,3-4H2,1-2H3. The lowest BCUT2D eigenvalue weighted by Crippen LogP contribution is -2.35. The Bertz CT molecular complexity index is 600. The Hall–Kier alpha value is -2.36. The van der Waals surface area contributed by atoms with Gasteiger partial charge in [-0.15, -0.1) is 0 Å². The number of rotatable bonds is 5. The van der Waals surface area contributed by atoms with Gasteiger partial charge in [0.15, 0.2) is 0 Å². The Balaban J connectivity index is 2.34. The van der Waals surface area contributed by atoms with E-state index in [-0.39, 0.29) is 5.78 Å². The molecule has 0 saturated carbocycles. The first kappa shape index (κ1) is 13.1. The summed E-state index contributed by atoms with van der Waals surface area (Å²) in [7, 11) is 0. The molecule has 0 spiro atoms. The first-order chi connectivity index (χ1) is 9.10. The maximum Gasteiger partial charge on any atom is 0.212 e. The topological polar surface area (TPSA) is 58.2 Å². The third-order valence-electron chi connectivity index (χ3n) is 3.17. The largest absolute Gasteiger partial charge is 0.380 e. The van der Waals surface area contributed by atoms with Crippen LogP contribution < -0.4 is 10.6 Å². The summed E-state index contributed by atoms with van der Waals surface area (Å²) in [5, 5.41) is 6.19. The molecule has 2 rings (SSSR count). The monoisotopic (exact) mass is 256 g/mol. The number of carbonyl (C=O) groups excluding carboxylic acids is 2. The minimum Gasteiger partial charge on any atom is -0.380 e. The molecule has 0 heterocycles. The van der Waals surface area contributed by atoms with E-state index in [0.717, 1.165) is 17.5 Å². The summed E-state index contributed by atoms with van der Waals surface area (Å²) in [5.74, 6) is -0.0615. The van der Waals surface area contributed by atoms with Crippen LogP contribution in [0.1, 0.15) is 22.8 Å². The van der Waals surface area contributed by atoms with Gasteiger partial charge in [-0.25, -0.2) is 0 Å². The van der Waals surface area contributed by atoms with Gasteiger partial charge in [0.25, 0.3) is 0 Å². The van der Waals surface area contributed by atoms with Crippen molar-refractivity contribution in [3.63, 3.8) is 0 Å². The third-order valence-corrected chi connectivity index (χ3v) is 3.17. The summed E-state index contributed by atoms with van der Waals surface area (Å²) in [5.41, 5.74) is 4.02. The molecule has 0 bridgehead atoms. The van der Waals surface area contributed by atoms with E-state index in [4.69, 9.17) is 0 Å². The van der Waals surface area contributed by atoms with Gasteiger partial charge in [0.05, 0.1) is 5.70 Å². The van der Waals surface area contributed by atoms with Crippen LogP contribution in [-0.2, 0) is 4.79 Å². The molecule has 0 radical (unpaired) electrons. The van der Waals surface area contributed by atoms with Gasteiger partial charge in [0.1, 0.15) is 12.0 Å². The van der Waals surface area contributed by atoms with Crippen molar-refractivity contribution in [1.29, 1.82) is 0 Å². The molecule has 0 saturated heterocycles. The van der Waals surface area contributed by atoms with Gasteiger partial charge in [0, 0.05) is 23.4 Å². The van der Waals surface area contributed by atoms with Crippen LogP contribution in [0, 0.1) is 6.92 Å². The van der Waals surface area contributed by atoms with E-state index in [1.54, 1.807) is 12.1 Å². The lowest BCUT2D eigenvalue weighted by Gasteiger charge is -2.27. The van der Waals surface area contributed by atoms with Crippen LogP contribution in [0.2, 0.25) is 0 Å². The molecule has 2 N–H and O–H groups in total. The molecule has 1 aliphatic rings. The fourth-order valence-corrected chi connectivity index (χ4v) is 2.00. The summed E-state index contributed by atoms with van der Waals surface area (Å²) in [6.45, 7) is 8.21. The molecule has 0 fully saturated rings. The first-order valence-electron chi connectivity index (χ1n) is 6.14. The van der Waals surface area contributed by atoms with Gasteiger partial charge in [-0.3, -0.25) is 9.59 Å². The van der Waals surface area contributed by atoms with E-state index in [9.17, 15) is 9.59 Å². The molecule has 1 aromatic rings. The Morgan fingerprint density at radius 2 is 2.05 bits per heavy atom. The number of Topliss-reactive ketones (excluding diaryl/α,β-unsaturated/α-hetero) is 1.